The minimum absolute atomic E-state index is 0.595. The van der Waals surface area contributed by atoms with Gasteiger partial charge in [-0.15, -0.1) is 11.6 Å². The highest BCUT2D eigenvalue weighted by Gasteiger charge is 2.08. The van der Waals surface area contributed by atoms with E-state index in [1.807, 2.05) is 23.9 Å². The standard InChI is InChI=1S/C15H23ClOS/c1-3-18-10-4-5-14(12-16)11-13-6-8-15(17-2)9-7-13/h6-9,14H,3-5,10-12H2,1-2H3. The van der Waals surface area contributed by atoms with E-state index in [2.05, 4.69) is 19.1 Å². The van der Waals surface area contributed by atoms with Crippen molar-refractivity contribution in [1.82, 2.24) is 0 Å². The highest BCUT2D eigenvalue weighted by atomic mass is 35.5. The van der Waals surface area contributed by atoms with Gasteiger partial charge in [0.2, 0.25) is 0 Å². The molecule has 1 atom stereocenters. The molecule has 0 aromatic heterocycles. The second-order valence-electron chi connectivity index (χ2n) is 4.41. The molecule has 0 radical (unpaired) electrons. The zero-order chi connectivity index (χ0) is 13.2. The van der Waals surface area contributed by atoms with E-state index in [9.17, 15) is 0 Å². The Morgan fingerprint density at radius 3 is 2.56 bits per heavy atom. The van der Waals surface area contributed by atoms with Gasteiger partial charge in [0.05, 0.1) is 7.11 Å². The first-order valence-corrected chi connectivity index (χ1v) is 8.25. The zero-order valence-electron chi connectivity index (χ0n) is 11.3. The summed E-state index contributed by atoms with van der Waals surface area (Å²) in [6.45, 7) is 2.21. The summed E-state index contributed by atoms with van der Waals surface area (Å²) in [4.78, 5) is 0. The Labute approximate surface area is 120 Å². The largest absolute Gasteiger partial charge is 0.497 e. The summed E-state index contributed by atoms with van der Waals surface area (Å²) in [7, 11) is 1.70. The van der Waals surface area contributed by atoms with Gasteiger partial charge in [-0.25, -0.2) is 0 Å². The number of hydrogen-bond acceptors (Lipinski definition) is 2. The van der Waals surface area contributed by atoms with Crippen LogP contribution in [0.4, 0.5) is 0 Å². The van der Waals surface area contributed by atoms with Crippen molar-refractivity contribution in [2.45, 2.75) is 26.2 Å². The molecule has 0 aliphatic carbocycles. The second-order valence-corrected chi connectivity index (χ2v) is 6.11. The predicted octanol–water partition coefficient (Wildman–Crippen LogP) is 4.63. The number of hydrogen-bond donors (Lipinski definition) is 0. The van der Waals surface area contributed by atoms with Crippen LogP contribution in [0.3, 0.4) is 0 Å². The van der Waals surface area contributed by atoms with Crippen molar-refractivity contribution in [2.75, 3.05) is 24.5 Å². The molecule has 3 heteroatoms. The van der Waals surface area contributed by atoms with Gasteiger partial charge in [0.1, 0.15) is 5.75 Å². The van der Waals surface area contributed by atoms with Gasteiger partial charge in [0.25, 0.3) is 0 Å². The van der Waals surface area contributed by atoms with Gasteiger partial charge in [-0.3, -0.25) is 0 Å². The summed E-state index contributed by atoms with van der Waals surface area (Å²) in [6.07, 6.45) is 3.57. The highest BCUT2D eigenvalue weighted by Crippen LogP contribution is 2.19. The fourth-order valence-corrected chi connectivity index (χ4v) is 2.87. The maximum absolute atomic E-state index is 6.06. The number of ether oxygens (including phenoxy) is 1. The van der Waals surface area contributed by atoms with Crippen molar-refractivity contribution in [1.29, 1.82) is 0 Å². The van der Waals surface area contributed by atoms with Crippen molar-refractivity contribution in [3.63, 3.8) is 0 Å². The quantitative estimate of drug-likeness (QED) is 0.484. The van der Waals surface area contributed by atoms with Crippen LogP contribution < -0.4 is 4.74 Å². The highest BCUT2D eigenvalue weighted by molar-refractivity contribution is 7.99. The Bertz CT molecular complexity index is 313. The third-order valence-electron chi connectivity index (χ3n) is 3.01. The van der Waals surface area contributed by atoms with Crippen LogP contribution in [-0.2, 0) is 6.42 Å². The monoisotopic (exact) mass is 286 g/mol. The summed E-state index contributed by atoms with van der Waals surface area (Å²) >= 11 is 8.07. The normalized spacial score (nSPS) is 12.4. The smallest absolute Gasteiger partial charge is 0.118 e. The van der Waals surface area contributed by atoms with E-state index in [0.29, 0.717) is 5.92 Å². The van der Waals surface area contributed by atoms with Crippen LogP contribution in [0.2, 0.25) is 0 Å². The average molecular weight is 287 g/mol. The van der Waals surface area contributed by atoms with Crippen LogP contribution >= 0.6 is 23.4 Å². The van der Waals surface area contributed by atoms with Crippen molar-refractivity contribution in [3.8, 4) is 5.75 Å². The molecule has 0 saturated heterocycles. The predicted molar refractivity (Wildman–Crippen MR) is 83.1 cm³/mol. The Morgan fingerprint density at radius 1 is 1.28 bits per heavy atom. The van der Waals surface area contributed by atoms with E-state index in [0.717, 1.165) is 18.1 Å². The fraction of sp³-hybridized carbons (Fsp3) is 0.600. The van der Waals surface area contributed by atoms with Gasteiger partial charge in [0.15, 0.2) is 0 Å². The summed E-state index contributed by atoms with van der Waals surface area (Å²) in [5.74, 6) is 4.73. The molecular weight excluding hydrogens is 264 g/mol. The molecule has 0 aliphatic rings. The second kappa shape index (κ2) is 9.57. The third-order valence-corrected chi connectivity index (χ3v) is 4.43. The van der Waals surface area contributed by atoms with Crippen molar-refractivity contribution in [2.24, 2.45) is 5.92 Å². The molecule has 1 nitrogen and oxygen atoms in total. The summed E-state index contributed by atoms with van der Waals surface area (Å²) in [6, 6.07) is 8.32. The Balaban J connectivity index is 2.36. The number of alkyl halides is 1. The van der Waals surface area contributed by atoms with Crippen molar-refractivity contribution < 1.29 is 4.74 Å². The van der Waals surface area contributed by atoms with Crippen LogP contribution in [-0.4, -0.2) is 24.5 Å². The van der Waals surface area contributed by atoms with Crippen LogP contribution in [0.5, 0.6) is 5.75 Å². The van der Waals surface area contributed by atoms with Gasteiger partial charge in [-0.2, -0.15) is 11.8 Å². The molecule has 1 aromatic rings. The van der Waals surface area contributed by atoms with Gasteiger partial charge in [-0.1, -0.05) is 19.1 Å². The lowest BCUT2D eigenvalue weighted by molar-refractivity contribution is 0.414. The number of rotatable bonds is 9. The Morgan fingerprint density at radius 2 is 2.00 bits per heavy atom. The van der Waals surface area contributed by atoms with E-state index in [1.54, 1.807) is 7.11 Å². The number of thioether (sulfide) groups is 1. The molecule has 0 fully saturated rings. The average Bonchev–Trinajstić information content (AvgIpc) is 2.43. The minimum atomic E-state index is 0.595. The first kappa shape index (κ1) is 15.7. The lowest BCUT2D eigenvalue weighted by Gasteiger charge is -2.14. The van der Waals surface area contributed by atoms with E-state index < -0.39 is 0 Å². The van der Waals surface area contributed by atoms with Crippen molar-refractivity contribution >= 4 is 23.4 Å². The molecule has 0 amide bonds. The lowest BCUT2D eigenvalue weighted by Crippen LogP contribution is -2.07. The molecule has 0 spiro atoms. The molecule has 0 N–H and O–H groups in total. The fourth-order valence-electron chi connectivity index (χ4n) is 1.95. The summed E-state index contributed by atoms with van der Waals surface area (Å²) in [5.41, 5.74) is 1.35. The lowest BCUT2D eigenvalue weighted by atomic mass is 9.97. The maximum atomic E-state index is 6.06. The molecule has 0 bridgehead atoms. The van der Waals surface area contributed by atoms with Gasteiger partial charge >= 0.3 is 0 Å². The third kappa shape index (κ3) is 6.01. The molecule has 1 aromatic carbocycles. The molecule has 102 valence electrons. The van der Waals surface area contributed by atoms with E-state index in [1.165, 1.54) is 29.9 Å². The molecular formula is C15H23ClOS. The molecule has 0 heterocycles. The van der Waals surface area contributed by atoms with Crippen LogP contribution in [0, 0.1) is 5.92 Å². The number of halogens is 1. The van der Waals surface area contributed by atoms with Crippen LogP contribution in [0.1, 0.15) is 25.3 Å². The van der Waals surface area contributed by atoms with E-state index in [4.69, 9.17) is 16.3 Å². The topological polar surface area (TPSA) is 9.23 Å². The zero-order valence-corrected chi connectivity index (χ0v) is 12.9. The first-order valence-electron chi connectivity index (χ1n) is 6.56. The minimum Gasteiger partial charge on any atom is -0.497 e. The van der Waals surface area contributed by atoms with E-state index in [-0.39, 0.29) is 0 Å². The molecule has 0 saturated carbocycles. The maximum Gasteiger partial charge on any atom is 0.118 e. The number of methoxy groups -OCH3 is 1. The SMILES string of the molecule is CCSCCCC(CCl)Cc1ccc(OC)cc1. The molecule has 18 heavy (non-hydrogen) atoms. The summed E-state index contributed by atoms with van der Waals surface area (Å²) in [5, 5.41) is 0. The van der Waals surface area contributed by atoms with Gasteiger partial charge < -0.3 is 4.74 Å². The Hall–Kier alpha value is -0.340. The van der Waals surface area contributed by atoms with Gasteiger partial charge in [0, 0.05) is 5.88 Å². The van der Waals surface area contributed by atoms with Crippen LogP contribution in [0.15, 0.2) is 24.3 Å². The Kier molecular flexibility index (Phi) is 8.36. The van der Waals surface area contributed by atoms with Gasteiger partial charge in [-0.05, 0) is 54.4 Å². The van der Waals surface area contributed by atoms with Crippen molar-refractivity contribution in [3.05, 3.63) is 29.8 Å². The summed E-state index contributed by atoms with van der Waals surface area (Å²) < 4.78 is 5.16. The van der Waals surface area contributed by atoms with E-state index >= 15 is 0 Å². The number of benzene rings is 1. The molecule has 0 aliphatic heterocycles. The van der Waals surface area contributed by atoms with Crippen LogP contribution in [0.25, 0.3) is 0 Å². The molecule has 1 rings (SSSR count). The first-order chi connectivity index (χ1) is 8.80. The molecule has 1 unspecified atom stereocenters.